The number of hydrogen-bond donors (Lipinski definition) is 5. The topological polar surface area (TPSA) is 133 Å². The molecule has 0 radical (unpaired) electrons. The number of aromatic hydroxyl groups is 4. The van der Waals surface area contributed by atoms with Crippen LogP contribution in [0.2, 0.25) is 0 Å². The van der Waals surface area contributed by atoms with Crippen molar-refractivity contribution in [2.75, 3.05) is 6.61 Å². The molecule has 0 saturated heterocycles. The lowest BCUT2D eigenvalue weighted by molar-refractivity contribution is 0.341. The predicted molar refractivity (Wildman–Crippen MR) is 205 cm³/mol. The third-order valence-electron chi connectivity index (χ3n) is 7.64. The van der Waals surface area contributed by atoms with Gasteiger partial charge in [-0.25, -0.2) is 0 Å². The van der Waals surface area contributed by atoms with Crippen LogP contribution >= 0.6 is 0 Å². The largest absolute Gasteiger partial charge is 0.508 e. The number of unbranched alkanes of at least 4 members (excludes halogenated alkanes) is 4. The van der Waals surface area contributed by atoms with E-state index >= 15 is 0 Å². The summed E-state index contributed by atoms with van der Waals surface area (Å²) in [6.07, 6.45) is 22.0. The Morgan fingerprint density at radius 1 is 0.562 bits per heavy atom. The summed E-state index contributed by atoms with van der Waals surface area (Å²) in [5.41, 5.74) is 7.91. The van der Waals surface area contributed by atoms with Crippen molar-refractivity contribution in [3.63, 3.8) is 0 Å². The molecule has 0 unspecified atom stereocenters. The molecule has 272 valence electrons. The molecule has 6 heteroatoms. The van der Waals surface area contributed by atoms with Crippen LogP contribution in [0.15, 0.2) is 76.9 Å². The molecule has 2 rings (SSSR count). The molecule has 0 amide bonds. The van der Waals surface area contributed by atoms with E-state index in [1.807, 2.05) is 6.08 Å². The van der Waals surface area contributed by atoms with Crippen LogP contribution in [-0.2, 0) is 19.3 Å². The average molecular weight is 669 g/mol. The second-order valence-corrected chi connectivity index (χ2v) is 13.0. The first-order chi connectivity index (χ1) is 22.3. The minimum absolute atomic E-state index is 0. The first-order valence-electron chi connectivity index (χ1n) is 17.6. The Labute approximate surface area is 292 Å². The number of phenolic OH excluding ortho intramolecular Hbond substituents is 4. The highest BCUT2D eigenvalue weighted by atomic mass is 16.3. The van der Waals surface area contributed by atoms with Gasteiger partial charge in [0.25, 0.3) is 0 Å². The van der Waals surface area contributed by atoms with E-state index in [9.17, 15) is 20.4 Å². The zero-order valence-electron chi connectivity index (χ0n) is 31.3. The Bertz CT molecular complexity index is 1220. The third-order valence-corrected chi connectivity index (χ3v) is 7.64. The molecular formula is C42H68O6. The van der Waals surface area contributed by atoms with Gasteiger partial charge in [-0.3, -0.25) is 0 Å². The zero-order chi connectivity index (χ0) is 35.6. The van der Waals surface area contributed by atoms with Gasteiger partial charge >= 0.3 is 0 Å². The van der Waals surface area contributed by atoms with E-state index in [1.165, 1.54) is 54.0 Å². The second-order valence-electron chi connectivity index (χ2n) is 13.0. The van der Waals surface area contributed by atoms with E-state index in [4.69, 9.17) is 5.11 Å². The van der Waals surface area contributed by atoms with Crippen molar-refractivity contribution in [2.45, 2.75) is 139 Å². The maximum absolute atomic E-state index is 10.2. The smallest absolute Gasteiger partial charge is 0.123 e. The van der Waals surface area contributed by atoms with E-state index < -0.39 is 0 Å². The van der Waals surface area contributed by atoms with E-state index in [1.54, 1.807) is 24.3 Å². The van der Waals surface area contributed by atoms with Crippen LogP contribution in [-0.4, -0.2) is 37.6 Å². The summed E-state index contributed by atoms with van der Waals surface area (Å²) in [6.45, 7) is 17.1. The molecule has 0 heterocycles. The average Bonchev–Trinajstić information content (AvgIpc) is 2.97. The quantitative estimate of drug-likeness (QED) is 0.0845. The molecule has 0 aliphatic heterocycles. The standard InChI is InChI=1S/C21H32O2.C11H16O2.C10H18O.H2O/c1-5-6-7-11-18-14-20(22)19(21(23)15-18)13-12-17(4)10-8-9-16(2)3;1-2-3-4-5-9-6-10(12)8-11(13)7-9;1-9(2)5-4-6-10(3)7-8-11;/h9,12,14-15,22-23H,5-8,10-11,13H2,1-4H3;6-8,12-13H,2-5H2,1H3;5,7,11H,4,6,8H2,1-3H3;1H2/b17-12+;;10-7+;. The van der Waals surface area contributed by atoms with Crippen molar-refractivity contribution in [1.29, 1.82) is 0 Å². The van der Waals surface area contributed by atoms with Crippen LogP contribution in [0.1, 0.15) is 136 Å². The lowest BCUT2D eigenvalue weighted by atomic mass is 10.0. The summed E-state index contributed by atoms with van der Waals surface area (Å²) in [5, 5.41) is 47.3. The fraction of sp³-hybridized carbons (Fsp3) is 0.524. The highest BCUT2D eigenvalue weighted by Crippen LogP contribution is 2.31. The van der Waals surface area contributed by atoms with E-state index in [0.29, 0.717) is 12.0 Å². The minimum Gasteiger partial charge on any atom is -0.508 e. The molecule has 6 nitrogen and oxygen atoms in total. The Kier molecular flexibility index (Phi) is 27.7. The second kappa shape index (κ2) is 28.5. The Morgan fingerprint density at radius 2 is 0.979 bits per heavy atom. The van der Waals surface area contributed by atoms with Gasteiger partial charge in [0.15, 0.2) is 0 Å². The van der Waals surface area contributed by atoms with Crippen LogP contribution in [0.5, 0.6) is 23.0 Å². The van der Waals surface area contributed by atoms with Crippen LogP contribution in [0.25, 0.3) is 0 Å². The van der Waals surface area contributed by atoms with Gasteiger partial charge in [-0.05, 0) is 135 Å². The minimum atomic E-state index is 0. The van der Waals surface area contributed by atoms with Crippen LogP contribution in [0.3, 0.4) is 0 Å². The first-order valence-corrected chi connectivity index (χ1v) is 17.6. The molecule has 48 heavy (non-hydrogen) atoms. The monoisotopic (exact) mass is 669 g/mol. The van der Waals surface area contributed by atoms with E-state index in [0.717, 1.165) is 62.5 Å². The molecule has 0 bridgehead atoms. The summed E-state index contributed by atoms with van der Waals surface area (Å²) in [4.78, 5) is 0. The number of phenols is 4. The van der Waals surface area contributed by atoms with Crippen molar-refractivity contribution in [2.24, 2.45) is 0 Å². The van der Waals surface area contributed by atoms with Gasteiger partial charge in [0.05, 0.1) is 6.61 Å². The molecule has 0 aliphatic rings. The number of aryl methyl sites for hydroxylation is 2. The van der Waals surface area contributed by atoms with Crippen molar-refractivity contribution in [1.82, 2.24) is 0 Å². The van der Waals surface area contributed by atoms with Gasteiger partial charge in [-0.2, -0.15) is 0 Å². The maximum Gasteiger partial charge on any atom is 0.123 e. The number of benzene rings is 2. The first kappa shape index (κ1) is 46.6. The zero-order valence-corrected chi connectivity index (χ0v) is 31.3. The lowest BCUT2D eigenvalue weighted by Gasteiger charge is -2.09. The van der Waals surface area contributed by atoms with Crippen molar-refractivity contribution in [3.05, 3.63) is 93.6 Å². The van der Waals surface area contributed by atoms with Crippen molar-refractivity contribution >= 4 is 0 Å². The maximum atomic E-state index is 10.2. The van der Waals surface area contributed by atoms with Crippen molar-refractivity contribution < 1.29 is 31.0 Å². The number of hydrogen-bond acceptors (Lipinski definition) is 5. The van der Waals surface area contributed by atoms with Gasteiger partial charge in [-0.15, -0.1) is 0 Å². The molecule has 2 aromatic carbocycles. The Morgan fingerprint density at radius 3 is 1.38 bits per heavy atom. The fourth-order valence-electron chi connectivity index (χ4n) is 4.82. The Balaban J connectivity index is 0. The third kappa shape index (κ3) is 24.7. The van der Waals surface area contributed by atoms with Crippen LogP contribution in [0, 0.1) is 0 Å². The molecule has 7 N–H and O–H groups in total. The lowest BCUT2D eigenvalue weighted by Crippen LogP contribution is -1.91. The SMILES string of the molecule is CC(C)=CCC/C(C)=C/CO.CCCCCc1cc(O)c(C/C=C(\C)CCC=C(C)C)c(O)c1.CCCCCc1cc(O)cc(O)c1.O. The van der Waals surface area contributed by atoms with E-state index in [-0.39, 0.29) is 35.1 Å². The van der Waals surface area contributed by atoms with Crippen molar-refractivity contribution in [3.8, 4) is 23.0 Å². The summed E-state index contributed by atoms with van der Waals surface area (Å²) < 4.78 is 0. The fourth-order valence-corrected chi connectivity index (χ4v) is 4.82. The van der Waals surface area contributed by atoms with Gasteiger partial charge < -0.3 is 31.0 Å². The van der Waals surface area contributed by atoms with Gasteiger partial charge in [-0.1, -0.05) is 86.1 Å². The number of rotatable bonds is 17. The number of aliphatic hydroxyl groups excluding tert-OH is 1. The summed E-state index contributed by atoms with van der Waals surface area (Å²) in [7, 11) is 0. The molecule has 0 spiro atoms. The molecular weight excluding hydrogens is 600 g/mol. The Hall–Kier alpha value is -3.48. The molecule has 0 atom stereocenters. The van der Waals surface area contributed by atoms with Crippen LogP contribution < -0.4 is 0 Å². The number of aliphatic hydroxyl groups is 1. The molecule has 0 aliphatic carbocycles. The summed E-state index contributed by atoms with van der Waals surface area (Å²) >= 11 is 0. The molecule has 0 saturated carbocycles. The highest BCUT2D eigenvalue weighted by Gasteiger charge is 2.09. The molecule has 0 aromatic heterocycles. The normalized spacial score (nSPS) is 10.9. The van der Waals surface area contributed by atoms with E-state index in [2.05, 4.69) is 73.6 Å². The summed E-state index contributed by atoms with van der Waals surface area (Å²) in [6, 6.07) is 8.36. The van der Waals surface area contributed by atoms with Crippen LogP contribution in [0.4, 0.5) is 0 Å². The highest BCUT2D eigenvalue weighted by molar-refractivity contribution is 5.47. The molecule has 2 aromatic rings. The van der Waals surface area contributed by atoms with Gasteiger partial charge in [0.1, 0.15) is 23.0 Å². The summed E-state index contributed by atoms with van der Waals surface area (Å²) in [5.74, 6) is 0.715. The number of allylic oxidation sites excluding steroid dienone is 7. The van der Waals surface area contributed by atoms with Gasteiger partial charge in [0, 0.05) is 11.6 Å². The van der Waals surface area contributed by atoms with Gasteiger partial charge in [0.2, 0.25) is 0 Å². The molecule has 0 fully saturated rings. The predicted octanol–water partition coefficient (Wildman–Crippen LogP) is 10.7.